The Hall–Kier alpha value is -3.42. The minimum atomic E-state index is -3.53. The molecule has 6 nitrogen and oxygen atoms in total. The van der Waals surface area contributed by atoms with Crippen LogP contribution in [0.5, 0.6) is 11.5 Å². The highest BCUT2D eigenvalue weighted by molar-refractivity contribution is 7.89. The topological polar surface area (TPSA) is 72.9 Å². The Morgan fingerprint density at radius 1 is 0.938 bits per heavy atom. The Balaban J connectivity index is 1.69. The first-order valence-corrected chi connectivity index (χ1v) is 11.3. The van der Waals surface area contributed by atoms with Gasteiger partial charge in [-0.25, -0.2) is 12.7 Å². The molecule has 3 rings (SSSR count). The molecule has 0 fully saturated rings. The number of hydrogen-bond acceptors (Lipinski definition) is 5. The van der Waals surface area contributed by atoms with Gasteiger partial charge in [0.25, 0.3) is 0 Å². The van der Waals surface area contributed by atoms with Gasteiger partial charge >= 0.3 is 0 Å². The standard InChI is InChI=1S/C25H25NO5S/c1-26(2)32(28,29)22-13-11-21(12-14-22)23(27)15-9-19-10-16-24(25(17-19)30-3)31-18-20-7-5-4-6-8-20/h4-17H,18H2,1-3H3/b15-9+. The van der Waals surface area contributed by atoms with Crippen molar-refractivity contribution in [3.05, 3.63) is 95.6 Å². The van der Waals surface area contributed by atoms with Crippen LogP contribution >= 0.6 is 0 Å². The lowest BCUT2D eigenvalue weighted by atomic mass is 10.1. The minimum absolute atomic E-state index is 0.138. The van der Waals surface area contributed by atoms with E-state index in [0.717, 1.165) is 15.4 Å². The van der Waals surface area contributed by atoms with E-state index in [-0.39, 0.29) is 10.7 Å². The number of benzene rings is 3. The van der Waals surface area contributed by atoms with Gasteiger partial charge in [0, 0.05) is 19.7 Å². The van der Waals surface area contributed by atoms with E-state index in [1.54, 1.807) is 25.3 Å². The van der Waals surface area contributed by atoms with Crippen molar-refractivity contribution in [2.45, 2.75) is 11.5 Å². The lowest BCUT2D eigenvalue weighted by Crippen LogP contribution is -2.22. The molecule has 0 saturated heterocycles. The van der Waals surface area contributed by atoms with E-state index in [2.05, 4.69) is 0 Å². The first-order chi connectivity index (χ1) is 15.3. The van der Waals surface area contributed by atoms with Gasteiger partial charge in [0.1, 0.15) is 6.61 Å². The highest BCUT2D eigenvalue weighted by Gasteiger charge is 2.17. The molecule has 0 heterocycles. The second-order valence-corrected chi connectivity index (χ2v) is 9.35. The second kappa shape index (κ2) is 10.3. The molecule has 0 aliphatic carbocycles. The Kier molecular flexibility index (Phi) is 7.45. The van der Waals surface area contributed by atoms with Gasteiger partial charge in [-0.3, -0.25) is 4.79 Å². The molecular weight excluding hydrogens is 426 g/mol. The van der Waals surface area contributed by atoms with Gasteiger partial charge < -0.3 is 9.47 Å². The molecule has 3 aromatic rings. The van der Waals surface area contributed by atoms with Crippen LogP contribution < -0.4 is 9.47 Å². The predicted molar refractivity (Wildman–Crippen MR) is 124 cm³/mol. The molecule has 32 heavy (non-hydrogen) atoms. The highest BCUT2D eigenvalue weighted by atomic mass is 32.2. The molecule has 0 aliphatic heterocycles. The van der Waals surface area contributed by atoms with Gasteiger partial charge in [-0.05, 0) is 53.6 Å². The molecule has 0 unspecified atom stereocenters. The number of rotatable bonds is 9. The van der Waals surface area contributed by atoms with Gasteiger partial charge in [-0.1, -0.05) is 42.5 Å². The summed E-state index contributed by atoms with van der Waals surface area (Å²) in [5.41, 5.74) is 2.22. The van der Waals surface area contributed by atoms with Gasteiger partial charge in [0.2, 0.25) is 10.0 Å². The van der Waals surface area contributed by atoms with Gasteiger partial charge in [0.15, 0.2) is 17.3 Å². The lowest BCUT2D eigenvalue weighted by molar-refractivity contribution is 0.104. The molecule has 7 heteroatoms. The van der Waals surface area contributed by atoms with Crippen molar-refractivity contribution in [1.82, 2.24) is 4.31 Å². The monoisotopic (exact) mass is 451 g/mol. The third-order valence-corrected chi connectivity index (χ3v) is 6.60. The van der Waals surface area contributed by atoms with Crippen LogP contribution in [0.1, 0.15) is 21.5 Å². The quantitative estimate of drug-likeness (QED) is 0.356. The SMILES string of the molecule is COc1cc(/C=C/C(=O)c2ccc(S(=O)(=O)N(C)C)cc2)ccc1OCc1ccccc1. The van der Waals surface area contributed by atoms with E-state index >= 15 is 0 Å². The number of hydrogen-bond donors (Lipinski definition) is 0. The van der Waals surface area contributed by atoms with Gasteiger partial charge in [-0.2, -0.15) is 0 Å². The summed E-state index contributed by atoms with van der Waals surface area (Å²) < 4.78 is 36.7. The fraction of sp³-hybridized carbons (Fsp3) is 0.160. The predicted octanol–water partition coefficient (Wildman–Crippen LogP) is 4.42. The van der Waals surface area contributed by atoms with Crippen LogP contribution in [0.25, 0.3) is 6.08 Å². The zero-order valence-corrected chi connectivity index (χ0v) is 19.0. The zero-order chi connectivity index (χ0) is 23.1. The van der Waals surface area contributed by atoms with Crippen molar-refractivity contribution in [3.63, 3.8) is 0 Å². The number of carbonyl (C=O) groups is 1. The molecular formula is C25H25NO5S. The van der Waals surface area contributed by atoms with E-state index in [9.17, 15) is 13.2 Å². The maximum atomic E-state index is 12.5. The van der Waals surface area contributed by atoms with Crippen LogP contribution in [0.15, 0.2) is 83.8 Å². The Bertz CT molecular complexity index is 1200. The fourth-order valence-electron chi connectivity index (χ4n) is 2.91. The maximum Gasteiger partial charge on any atom is 0.242 e. The molecule has 0 bridgehead atoms. The van der Waals surface area contributed by atoms with Crippen LogP contribution in [-0.4, -0.2) is 39.7 Å². The third kappa shape index (κ3) is 5.63. The molecule has 0 aromatic heterocycles. The normalized spacial score (nSPS) is 11.6. The summed E-state index contributed by atoms with van der Waals surface area (Å²) in [5, 5.41) is 0. The van der Waals surface area contributed by atoms with Crippen molar-refractivity contribution in [2.75, 3.05) is 21.2 Å². The van der Waals surface area contributed by atoms with E-state index in [0.29, 0.717) is 23.7 Å². The molecule has 0 aliphatic rings. The van der Waals surface area contributed by atoms with Crippen molar-refractivity contribution in [1.29, 1.82) is 0 Å². The van der Waals surface area contributed by atoms with Gasteiger partial charge in [0.05, 0.1) is 12.0 Å². The number of methoxy groups -OCH3 is 1. The third-order valence-electron chi connectivity index (χ3n) is 4.77. The lowest BCUT2D eigenvalue weighted by Gasteiger charge is -2.11. The number of sulfonamides is 1. The van der Waals surface area contributed by atoms with Crippen molar-refractivity contribution in [2.24, 2.45) is 0 Å². The Labute approximate surface area is 188 Å². The molecule has 0 N–H and O–H groups in total. The first kappa shape index (κ1) is 23.2. The van der Waals surface area contributed by atoms with E-state index in [1.807, 2.05) is 36.4 Å². The van der Waals surface area contributed by atoms with Crippen molar-refractivity contribution in [3.8, 4) is 11.5 Å². The molecule has 0 amide bonds. The van der Waals surface area contributed by atoms with Crippen LogP contribution in [0.2, 0.25) is 0 Å². The van der Waals surface area contributed by atoms with Crippen LogP contribution in [0.4, 0.5) is 0 Å². The van der Waals surface area contributed by atoms with Crippen LogP contribution in [-0.2, 0) is 16.6 Å². The summed E-state index contributed by atoms with van der Waals surface area (Å²) >= 11 is 0. The van der Waals surface area contributed by atoms with E-state index in [1.165, 1.54) is 44.4 Å². The Morgan fingerprint density at radius 3 is 2.25 bits per heavy atom. The largest absolute Gasteiger partial charge is 0.493 e. The molecule has 0 radical (unpaired) electrons. The van der Waals surface area contributed by atoms with Crippen molar-refractivity contribution >= 4 is 21.9 Å². The smallest absolute Gasteiger partial charge is 0.242 e. The van der Waals surface area contributed by atoms with E-state index in [4.69, 9.17) is 9.47 Å². The minimum Gasteiger partial charge on any atom is -0.493 e. The van der Waals surface area contributed by atoms with Gasteiger partial charge in [-0.15, -0.1) is 0 Å². The van der Waals surface area contributed by atoms with Crippen LogP contribution in [0.3, 0.4) is 0 Å². The Morgan fingerprint density at radius 2 is 1.62 bits per heavy atom. The number of carbonyl (C=O) groups excluding carboxylic acids is 1. The summed E-state index contributed by atoms with van der Waals surface area (Å²) in [7, 11) is 0.955. The molecule has 0 spiro atoms. The average molecular weight is 452 g/mol. The second-order valence-electron chi connectivity index (χ2n) is 7.19. The summed E-state index contributed by atoms with van der Waals surface area (Å²) in [5.74, 6) is 0.938. The fourth-order valence-corrected chi connectivity index (χ4v) is 3.81. The summed E-state index contributed by atoms with van der Waals surface area (Å²) in [4.78, 5) is 12.6. The van der Waals surface area contributed by atoms with Crippen LogP contribution in [0, 0.1) is 0 Å². The number of ketones is 1. The molecule has 0 atom stereocenters. The number of ether oxygens (including phenoxy) is 2. The zero-order valence-electron chi connectivity index (χ0n) is 18.2. The van der Waals surface area contributed by atoms with E-state index < -0.39 is 10.0 Å². The maximum absolute atomic E-state index is 12.5. The molecule has 166 valence electrons. The van der Waals surface area contributed by atoms with Crippen molar-refractivity contribution < 1.29 is 22.7 Å². The highest BCUT2D eigenvalue weighted by Crippen LogP contribution is 2.29. The number of nitrogens with zero attached hydrogens (tertiary/aromatic N) is 1. The number of allylic oxidation sites excluding steroid dienone is 1. The summed E-state index contributed by atoms with van der Waals surface area (Å²) in [6.07, 6.45) is 3.12. The molecule has 0 saturated carbocycles. The average Bonchev–Trinajstić information content (AvgIpc) is 2.82. The summed E-state index contributed by atoms with van der Waals surface area (Å²) in [6, 6.07) is 21.1. The first-order valence-electron chi connectivity index (χ1n) is 9.91. The summed E-state index contributed by atoms with van der Waals surface area (Å²) in [6.45, 7) is 0.421. The molecule has 3 aromatic carbocycles.